The average Bonchev–Trinajstić information content (AvgIpc) is 2.97. The highest BCUT2D eigenvalue weighted by atomic mass is 35.5. The summed E-state index contributed by atoms with van der Waals surface area (Å²) in [5.74, 6) is 0.670. The van der Waals surface area contributed by atoms with Crippen LogP contribution in [0.4, 0.5) is 0 Å². The summed E-state index contributed by atoms with van der Waals surface area (Å²) in [4.78, 5) is 18.7. The molecular weight excluding hydrogens is 302 g/mol. The number of hydrogen-bond donors (Lipinski definition) is 1. The molecule has 22 heavy (non-hydrogen) atoms. The lowest BCUT2D eigenvalue weighted by Gasteiger charge is -2.33. The predicted octanol–water partition coefficient (Wildman–Crippen LogP) is 2.13. The Morgan fingerprint density at radius 2 is 2.18 bits per heavy atom. The van der Waals surface area contributed by atoms with Gasteiger partial charge in [0, 0.05) is 31.2 Å². The molecule has 1 atom stereocenters. The van der Waals surface area contributed by atoms with Crippen LogP contribution in [0.15, 0.2) is 41.0 Å². The van der Waals surface area contributed by atoms with Crippen molar-refractivity contribution in [1.82, 2.24) is 15.2 Å². The number of carbonyl (C=O) groups is 1. The lowest BCUT2D eigenvalue weighted by molar-refractivity contribution is -0.133. The molecule has 1 fully saturated rings. The van der Waals surface area contributed by atoms with Gasteiger partial charge in [-0.3, -0.25) is 4.79 Å². The van der Waals surface area contributed by atoms with Crippen LogP contribution >= 0.6 is 12.4 Å². The van der Waals surface area contributed by atoms with Crippen LogP contribution in [-0.4, -0.2) is 41.5 Å². The Kier molecular flexibility index (Phi) is 5.57. The lowest BCUT2D eigenvalue weighted by atomic mass is 10.2. The molecule has 6 heteroatoms. The zero-order valence-corrected chi connectivity index (χ0v) is 13.3. The molecule has 1 aromatic heterocycles. The summed E-state index contributed by atoms with van der Waals surface area (Å²) in [6.07, 6.45) is 1.87. The fraction of sp³-hybridized carbons (Fsp3) is 0.375. The van der Waals surface area contributed by atoms with Gasteiger partial charge in [-0.2, -0.15) is 0 Å². The lowest BCUT2D eigenvalue weighted by Crippen LogP contribution is -2.52. The van der Waals surface area contributed by atoms with Crippen molar-refractivity contribution in [3.05, 3.63) is 42.3 Å². The van der Waals surface area contributed by atoms with Gasteiger partial charge < -0.3 is 14.6 Å². The van der Waals surface area contributed by atoms with Crippen molar-refractivity contribution < 1.29 is 9.21 Å². The fourth-order valence-corrected chi connectivity index (χ4v) is 2.57. The van der Waals surface area contributed by atoms with E-state index in [9.17, 15) is 4.79 Å². The van der Waals surface area contributed by atoms with E-state index in [-0.39, 0.29) is 24.4 Å². The quantitative estimate of drug-likeness (QED) is 0.941. The highest BCUT2D eigenvalue weighted by Gasteiger charge is 2.23. The minimum Gasteiger partial charge on any atom is -0.444 e. The van der Waals surface area contributed by atoms with E-state index in [1.165, 1.54) is 0 Å². The van der Waals surface area contributed by atoms with Gasteiger partial charge in [0.2, 0.25) is 11.8 Å². The van der Waals surface area contributed by atoms with E-state index in [4.69, 9.17) is 4.42 Å². The third kappa shape index (κ3) is 3.67. The number of halogens is 1. The molecule has 0 aliphatic carbocycles. The van der Waals surface area contributed by atoms with Crippen molar-refractivity contribution >= 4 is 18.3 Å². The first-order valence-electron chi connectivity index (χ1n) is 7.24. The SMILES string of the molecule is C[C@H]1CNCCN1C(=O)Cc1coc(-c2ccccc2)n1.Cl. The number of aromatic nitrogens is 1. The first-order chi connectivity index (χ1) is 10.2. The van der Waals surface area contributed by atoms with Crippen LogP contribution in [0.2, 0.25) is 0 Å². The van der Waals surface area contributed by atoms with Gasteiger partial charge in [-0.1, -0.05) is 18.2 Å². The predicted molar refractivity (Wildman–Crippen MR) is 86.9 cm³/mol. The molecule has 1 amide bonds. The molecule has 3 rings (SSSR count). The molecule has 1 aromatic carbocycles. The Bertz CT molecular complexity index is 615. The minimum absolute atomic E-state index is 0. The van der Waals surface area contributed by atoms with Gasteiger partial charge in [0.05, 0.1) is 12.1 Å². The summed E-state index contributed by atoms with van der Waals surface area (Å²) in [5.41, 5.74) is 1.61. The Morgan fingerprint density at radius 3 is 2.91 bits per heavy atom. The summed E-state index contributed by atoms with van der Waals surface area (Å²) in [6.45, 7) is 4.51. The van der Waals surface area contributed by atoms with Gasteiger partial charge in [0.25, 0.3) is 0 Å². The normalized spacial score (nSPS) is 17.9. The number of oxazole rings is 1. The van der Waals surface area contributed by atoms with E-state index >= 15 is 0 Å². The monoisotopic (exact) mass is 321 g/mol. The largest absolute Gasteiger partial charge is 0.444 e. The number of rotatable bonds is 3. The standard InChI is InChI=1S/C16H19N3O2.ClH/c1-12-10-17-7-8-19(12)15(20)9-14-11-21-16(18-14)13-5-3-2-4-6-13;/h2-6,11-12,17H,7-10H2,1H3;1H/t12-;/m0./s1. The van der Waals surface area contributed by atoms with Crippen LogP contribution in [0.25, 0.3) is 11.5 Å². The van der Waals surface area contributed by atoms with Gasteiger partial charge in [0.15, 0.2) is 0 Å². The number of carbonyl (C=O) groups excluding carboxylic acids is 1. The smallest absolute Gasteiger partial charge is 0.229 e. The molecule has 0 bridgehead atoms. The van der Waals surface area contributed by atoms with Crippen molar-refractivity contribution in [2.75, 3.05) is 19.6 Å². The number of amides is 1. The van der Waals surface area contributed by atoms with Crippen LogP contribution in [0.3, 0.4) is 0 Å². The minimum atomic E-state index is 0. The maximum Gasteiger partial charge on any atom is 0.229 e. The van der Waals surface area contributed by atoms with E-state index < -0.39 is 0 Å². The van der Waals surface area contributed by atoms with Gasteiger partial charge in [0.1, 0.15) is 6.26 Å². The number of hydrogen-bond acceptors (Lipinski definition) is 4. The first-order valence-corrected chi connectivity index (χ1v) is 7.24. The van der Waals surface area contributed by atoms with E-state index in [1.54, 1.807) is 6.26 Å². The fourth-order valence-electron chi connectivity index (χ4n) is 2.57. The Morgan fingerprint density at radius 1 is 1.41 bits per heavy atom. The number of nitrogens with zero attached hydrogens (tertiary/aromatic N) is 2. The van der Waals surface area contributed by atoms with Gasteiger partial charge in [-0.05, 0) is 19.1 Å². The molecule has 0 radical (unpaired) electrons. The summed E-state index contributed by atoms with van der Waals surface area (Å²) < 4.78 is 5.47. The molecule has 2 aromatic rings. The van der Waals surface area contributed by atoms with Crippen molar-refractivity contribution in [3.8, 4) is 11.5 Å². The summed E-state index contributed by atoms with van der Waals surface area (Å²) in [7, 11) is 0. The van der Waals surface area contributed by atoms with Crippen molar-refractivity contribution in [3.63, 3.8) is 0 Å². The zero-order valence-electron chi connectivity index (χ0n) is 12.5. The highest BCUT2D eigenvalue weighted by molar-refractivity contribution is 5.85. The Balaban J connectivity index is 0.00000176. The Labute approximate surface area is 136 Å². The summed E-state index contributed by atoms with van der Waals surface area (Å²) in [5, 5.41) is 3.28. The van der Waals surface area contributed by atoms with Gasteiger partial charge in [-0.15, -0.1) is 12.4 Å². The third-order valence-corrected chi connectivity index (χ3v) is 3.73. The molecule has 5 nitrogen and oxygen atoms in total. The molecule has 2 heterocycles. The van der Waals surface area contributed by atoms with Crippen LogP contribution in [0.5, 0.6) is 0 Å². The second-order valence-electron chi connectivity index (χ2n) is 5.33. The number of benzene rings is 1. The number of nitrogens with one attached hydrogen (secondary N) is 1. The van der Waals surface area contributed by atoms with Crippen molar-refractivity contribution in [2.24, 2.45) is 0 Å². The van der Waals surface area contributed by atoms with Crippen molar-refractivity contribution in [2.45, 2.75) is 19.4 Å². The third-order valence-electron chi connectivity index (χ3n) is 3.73. The molecule has 1 aliphatic heterocycles. The Hall–Kier alpha value is -1.85. The summed E-state index contributed by atoms with van der Waals surface area (Å²) in [6, 6.07) is 9.93. The molecule has 1 aliphatic rings. The van der Waals surface area contributed by atoms with E-state index in [0.717, 1.165) is 25.2 Å². The molecule has 0 saturated carbocycles. The summed E-state index contributed by atoms with van der Waals surface area (Å²) >= 11 is 0. The van der Waals surface area contributed by atoms with Crippen molar-refractivity contribution in [1.29, 1.82) is 0 Å². The number of piperazine rings is 1. The van der Waals surface area contributed by atoms with Crippen LogP contribution in [0.1, 0.15) is 12.6 Å². The molecule has 0 unspecified atom stereocenters. The van der Waals surface area contributed by atoms with Crippen LogP contribution < -0.4 is 5.32 Å². The second kappa shape index (κ2) is 7.42. The molecular formula is C16H20ClN3O2. The van der Waals surface area contributed by atoms with E-state index in [1.807, 2.05) is 35.2 Å². The maximum atomic E-state index is 12.3. The van der Waals surface area contributed by atoms with E-state index in [2.05, 4.69) is 17.2 Å². The molecule has 1 saturated heterocycles. The van der Waals surface area contributed by atoms with Gasteiger partial charge in [-0.25, -0.2) is 4.98 Å². The maximum absolute atomic E-state index is 12.3. The topological polar surface area (TPSA) is 58.4 Å². The molecule has 118 valence electrons. The van der Waals surface area contributed by atoms with Gasteiger partial charge >= 0.3 is 0 Å². The molecule has 0 spiro atoms. The first kappa shape index (κ1) is 16.5. The van der Waals surface area contributed by atoms with Crippen LogP contribution in [0, 0.1) is 0 Å². The highest BCUT2D eigenvalue weighted by Crippen LogP contribution is 2.18. The second-order valence-corrected chi connectivity index (χ2v) is 5.33. The van der Waals surface area contributed by atoms with E-state index in [0.29, 0.717) is 18.0 Å². The average molecular weight is 322 g/mol. The zero-order chi connectivity index (χ0) is 14.7. The molecule has 1 N–H and O–H groups in total. The van der Waals surface area contributed by atoms with Crippen LogP contribution in [-0.2, 0) is 11.2 Å².